The Hall–Kier alpha value is -3.12. The van der Waals surface area contributed by atoms with Gasteiger partial charge < -0.3 is 14.5 Å². The predicted octanol–water partition coefficient (Wildman–Crippen LogP) is 4.70. The summed E-state index contributed by atoms with van der Waals surface area (Å²) in [7, 11) is 0. The highest BCUT2D eigenvalue weighted by molar-refractivity contribution is 6.06. The van der Waals surface area contributed by atoms with Crippen LogP contribution in [0.3, 0.4) is 0 Å². The van der Waals surface area contributed by atoms with Gasteiger partial charge in [0, 0.05) is 30.1 Å². The van der Waals surface area contributed by atoms with E-state index in [0.717, 1.165) is 30.6 Å². The van der Waals surface area contributed by atoms with Crippen LogP contribution in [0.5, 0.6) is 0 Å². The number of furan rings is 1. The summed E-state index contributed by atoms with van der Waals surface area (Å²) in [6.45, 7) is 4.60. The molecule has 1 aromatic heterocycles. The third-order valence-electron chi connectivity index (χ3n) is 5.30. The SMILES string of the molecule is CC(=O)Nc1cc(C(=O)OCCN2CCCCC2)c2oc(-c3ccccc3)cc2c1. The van der Waals surface area contributed by atoms with Gasteiger partial charge in [0.2, 0.25) is 5.91 Å². The molecule has 3 aromatic rings. The molecule has 6 nitrogen and oxygen atoms in total. The minimum atomic E-state index is -0.446. The lowest BCUT2D eigenvalue weighted by Gasteiger charge is -2.25. The number of piperidine rings is 1. The largest absolute Gasteiger partial charge is 0.461 e. The fraction of sp³-hybridized carbons (Fsp3) is 0.333. The Bertz CT molecular complexity index is 1040. The summed E-state index contributed by atoms with van der Waals surface area (Å²) >= 11 is 0. The first-order valence-corrected chi connectivity index (χ1v) is 10.4. The summed E-state index contributed by atoms with van der Waals surface area (Å²) in [5.74, 6) is 0.0108. The first-order valence-electron chi connectivity index (χ1n) is 10.4. The summed E-state index contributed by atoms with van der Waals surface area (Å²) in [6.07, 6.45) is 3.66. The lowest BCUT2D eigenvalue weighted by atomic mass is 10.1. The van der Waals surface area contributed by atoms with Crippen molar-refractivity contribution in [3.05, 3.63) is 54.1 Å². The molecule has 156 valence electrons. The molecule has 1 aliphatic heterocycles. The van der Waals surface area contributed by atoms with Crippen molar-refractivity contribution >= 4 is 28.5 Å². The van der Waals surface area contributed by atoms with E-state index < -0.39 is 5.97 Å². The maximum Gasteiger partial charge on any atom is 0.342 e. The van der Waals surface area contributed by atoms with Crippen molar-refractivity contribution in [2.45, 2.75) is 26.2 Å². The van der Waals surface area contributed by atoms with Gasteiger partial charge in [-0.3, -0.25) is 9.69 Å². The van der Waals surface area contributed by atoms with Crippen molar-refractivity contribution in [3.63, 3.8) is 0 Å². The zero-order valence-corrected chi connectivity index (χ0v) is 17.1. The van der Waals surface area contributed by atoms with Crippen LogP contribution < -0.4 is 5.32 Å². The Morgan fingerprint density at radius 2 is 1.83 bits per heavy atom. The van der Waals surface area contributed by atoms with Crippen LogP contribution in [0, 0.1) is 0 Å². The summed E-state index contributed by atoms with van der Waals surface area (Å²) in [6, 6.07) is 15.0. The number of nitrogens with one attached hydrogen (secondary N) is 1. The molecule has 1 N–H and O–H groups in total. The van der Waals surface area contributed by atoms with E-state index in [2.05, 4.69) is 10.2 Å². The standard InChI is InChI=1S/C24H26N2O4/c1-17(27)25-20-14-19-15-22(18-8-4-2-5-9-18)30-23(19)21(16-20)24(28)29-13-12-26-10-6-3-7-11-26/h2,4-5,8-9,14-16H,3,6-7,10-13H2,1H3,(H,25,27). The molecule has 4 rings (SSSR count). The van der Waals surface area contributed by atoms with Crippen LogP contribution in [-0.4, -0.2) is 43.0 Å². The maximum atomic E-state index is 12.9. The van der Waals surface area contributed by atoms with Crippen LogP contribution >= 0.6 is 0 Å². The van der Waals surface area contributed by atoms with Gasteiger partial charge in [0.1, 0.15) is 23.5 Å². The fourth-order valence-electron chi connectivity index (χ4n) is 3.85. The zero-order chi connectivity index (χ0) is 20.9. The molecule has 0 aliphatic carbocycles. The summed E-state index contributed by atoms with van der Waals surface area (Å²) in [4.78, 5) is 26.7. The summed E-state index contributed by atoms with van der Waals surface area (Å²) in [5, 5.41) is 3.49. The van der Waals surface area contributed by atoms with Gasteiger partial charge in [0.15, 0.2) is 0 Å². The highest BCUT2D eigenvalue weighted by Crippen LogP contribution is 2.32. The third-order valence-corrected chi connectivity index (χ3v) is 5.30. The van der Waals surface area contributed by atoms with Gasteiger partial charge in [0.25, 0.3) is 0 Å². The van der Waals surface area contributed by atoms with Gasteiger partial charge in [-0.15, -0.1) is 0 Å². The van der Waals surface area contributed by atoms with E-state index in [0.29, 0.717) is 29.2 Å². The van der Waals surface area contributed by atoms with Crippen molar-refractivity contribution in [3.8, 4) is 11.3 Å². The van der Waals surface area contributed by atoms with Crippen LogP contribution in [0.25, 0.3) is 22.3 Å². The number of carbonyl (C=O) groups excluding carboxylic acids is 2. The molecule has 1 fully saturated rings. The van der Waals surface area contributed by atoms with Crippen molar-refractivity contribution in [2.24, 2.45) is 0 Å². The lowest BCUT2D eigenvalue weighted by molar-refractivity contribution is -0.114. The van der Waals surface area contributed by atoms with E-state index in [1.54, 1.807) is 12.1 Å². The van der Waals surface area contributed by atoms with Crippen molar-refractivity contribution in [1.29, 1.82) is 0 Å². The molecule has 0 bridgehead atoms. The number of benzene rings is 2. The van der Waals surface area contributed by atoms with E-state index in [1.807, 2.05) is 36.4 Å². The normalized spacial score (nSPS) is 14.6. The van der Waals surface area contributed by atoms with E-state index in [9.17, 15) is 9.59 Å². The predicted molar refractivity (Wildman–Crippen MR) is 117 cm³/mol. The number of amides is 1. The molecule has 30 heavy (non-hydrogen) atoms. The number of likely N-dealkylation sites (tertiary alicyclic amines) is 1. The number of esters is 1. The minimum absolute atomic E-state index is 0.203. The zero-order valence-electron chi connectivity index (χ0n) is 17.1. The molecule has 0 saturated carbocycles. The molecule has 0 unspecified atom stereocenters. The molecule has 1 amide bonds. The highest BCUT2D eigenvalue weighted by atomic mass is 16.5. The maximum absolute atomic E-state index is 12.9. The summed E-state index contributed by atoms with van der Waals surface area (Å²) < 4.78 is 11.6. The van der Waals surface area contributed by atoms with E-state index in [1.165, 1.54) is 26.2 Å². The van der Waals surface area contributed by atoms with Crippen LogP contribution in [0.4, 0.5) is 5.69 Å². The molecule has 0 radical (unpaired) electrons. The fourth-order valence-corrected chi connectivity index (χ4v) is 3.85. The number of fused-ring (bicyclic) bond motifs is 1. The average Bonchev–Trinajstić information content (AvgIpc) is 3.18. The van der Waals surface area contributed by atoms with Gasteiger partial charge in [-0.2, -0.15) is 0 Å². The topological polar surface area (TPSA) is 71.8 Å². The van der Waals surface area contributed by atoms with Crippen molar-refractivity contribution < 1.29 is 18.7 Å². The minimum Gasteiger partial charge on any atom is -0.461 e. The van der Waals surface area contributed by atoms with Gasteiger partial charge in [0.05, 0.1) is 0 Å². The Morgan fingerprint density at radius 3 is 2.57 bits per heavy atom. The molecule has 2 aromatic carbocycles. The van der Waals surface area contributed by atoms with Gasteiger partial charge >= 0.3 is 5.97 Å². The molecule has 2 heterocycles. The van der Waals surface area contributed by atoms with E-state index >= 15 is 0 Å². The van der Waals surface area contributed by atoms with Crippen molar-refractivity contribution in [1.82, 2.24) is 4.90 Å². The molecular formula is C24H26N2O4. The molecular weight excluding hydrogens is 380 g/mol. The quantitative estimate of drug-likeness (QED) is 0.601. The van der Waals surface area contributed by atoms with E-state index in [-0.39, 0.29) is 5.91 Å². The number of hydrogen-bond acceptors (Lipinski definition) is 5. The number of ether oxygens (including phenoxy) is 1. The van der Waals surface area contributed by atoms with Crippen LogP contribution in [0.15, 0.2) is 52.9 Å². The second-order valence-corrected chi connectivity index (χ2v) is 7.64. The van der Waals surface area contributed by atoms with Crippen molar-refractivity contribution in [2.75, 3.05) is 31.6 Å². The monoisotopic (exact) mass is 406 g/mol. The number of carbonyl (C=O) groups is 2. The second-order valence-electron chi connectivity index (χ2n) is 7.64. The number of hydrogen-bond donors (Lipinski definition) is 1. The summed E-state index contributed by atoms with van der Waals surface area (Å²) in [5.41, 5.74) is 2.24. The van der Waals surface area contributed by atoms with Gasteiger partial charge in [-0.25, -0.2) is 4.79 Å². The molecule has 1 aliphatic rings. The Labute approximate surface area is 175 Å². The highest BCUT2D eigenvalue weighted by Gasteiger charge is 2.19. The molecule has 0 atom stereocenters. The molecule has 1 saturated heterocycles. The average molecular weight is 406 g/mol. The van der Waals surface area contributed by atoms with Gasteiger partial charge in [-0.1, -0.05) is 36.8 Å². The number of rotatable bonds is 6. The lowest BCUT2D eigenvalue weighted by Crippen LogP contribution is -2.33. The number of nitrogens with zero attached hydrogens (tertiary/aromatic N) is 1. The Kier molecular flexibility index (Phi) is 6.14. The van der Waals surface area contributed by atoms with Crippen LogP contribution in [0.2, 0.25) is 0 Å². The van der Waals surface area contributed by atoms with Crippen LogP contribution in [0.1, 0.15) is 36.5 Å². The number of anilines is 1. The van der Waals surface area contributed by atoms with E-state index in [4.69, 9.17) is 9.15 Å². The Morgan fingerprint density at radius 1 is 1.07 bits per heavy atom. The second kappa shape index (κ2) is 9.13. The third kappa shape index (κ3) is 4.71. The molecule has 0 spiro atoms. The first kappa shape index (κ1) is 20.2. The Balaban J connectivity index is 1.59. The van der Waals surface area contributed by atoms with Crippen LogP contribution in [-0.2, 0) is 9.53 Å². The first-order chi connectivity index (χ1) is 14.6. The molecule has 6 heteroatoms. The smallest absolute Gasteiger partial charge is 0.342 e. The van der Waals surface area contributed by atoms with Gasteiger partial charge in [-0.05, 0) is 44.1 Å².